The number of hydrogen-bond acceptors (Lipinski definition) is 1. The van der Waals surface area contributed by atoms with Crippen molar-refractivity contribution < 1.29 is 4.39 Å². The number of hydrogen-bond donors (Lipinski definition) is 1. The van der Waals surface area contributed by atoms with Crippen LogP contribution in [0.4, 0.5) is 4.39 Å². The smallest absolute Gasteiger partial charge is 0.250 e. The van der Waals surface area contributed by atoms with E-state index in [0.29, 0.717) is 21.7 Å². The van der Waals surface area contributed by atoms with Crippen LogP contribution in [0.25, 0.3) is 11.1 Å². The molecule has 0 spiro atoms. The molecule has 0 radical (unpaired) electrons. The van der Waals surface area contributed by atoms with Crippen LogP contribution in [0.3, 0.4) is 0 Å². The lowest BCUT2D eigenvalue weighted by Gasteiger charge is -2.04. The molecule has 0 fully saturated rings. The van der Waals surface area contributed by atoms with E-state index < -0.39 is 0 Å². The van der Waals surface area contributed by atoms with Gasteiger partial charge in [0.1, 0.15) is 5.82 Å². The summed E-state index contributed by atoms with van der Waals surface area (Å²) in [4.78, 5) is 13.7. The van der Waals surface area contributed by atoms with Gasteiger partial charge in [-0.15, -0.1) is 0 Å². The molecule has 1 N–H and O–H groups in total. The average Bonchev–Trinajstić information content (AvgIpc) is 2.26. The summed E-state index contributed by atoms with van der Waals surface area (Å²) in [5, 5.41) is 0.459. The van der Waals surface area contributed by atoms with E-state index in [4.69, 9.17) is 11.6 Å². The molecular weight excluding hydrogens is 229 g/mol. The maximum absolute atomic E-state index is 13.5. The molecule has 1 aromatic carbocycles. The van der Waals surface area contributed by atoms with Crippen molar-refractivity contribution in [3.8, 4) is 11.1 Å². The van der Waals surface area contributed by atoms with E-state index in [1.807, 2.05) is 0 Å². The Morgan fingerprint density at radius 3 is 2.75 bits per heavy atom. The zero-order chi connectivity index (χ0) is 11.7. The molecule has 0 saturated carbocycles. The zero-order valence-corrected chi connectivity index (χ0v) is 9.31. The van der Waals surface area contributed by atoms with Crippen LogP contribution < -0.4 is 5.56 Å². The van der Waals surface area contributed by atoms with Gasteiger partial charge in [-0.05, 0) is 31.2 Å². The molecule has 4 heteroatoms. The second-order valence-corrected chi connectivity index (χ2v) is 3.96. The molecule has 16 heavy (non-hydrogen) atoms. The Bertz CT molecular complexity index is 592. The van der Waals surface area contributed by atoms with Crippen molar-refractivity contribution in [2.24, 2.45) is 0 Å². The highest BCUT2D eigenvalue weighted by molar-refractivity contribution is 6.30. The van der Waals surface area contributed by atoms with Crippen molar-refractivity contribution in [2.75, 3.05) is 0 Å². The molecule has 82 valence electrons. The molecule has 0 aliphatic rings. The van der Waals surface area contributed by atoms with Gasteiger partial charge in [0.2, 0.25) is 0 Å². The summed E-state index contributed by atoms with van der Waals surface area (Å²) in [5.41, 5.74) is 1.35. The summed E-state index contributed by atoms with van der Waals surface area (Å²) in [6.45, 7) is 1.67. The van der Waals surface area contributed by atoms with Crippen LogP contribution in [0.2, 0.25) is 5.02 Å². The number of aromatic amines is 1. The topological polar surface area (TPSA) is 32.9 Å². The lowest BCUT2D eigenvalue weighted by molar-refractivity contribution is 0.631. The molecule has 1 heterocycles. The van der Waals surface area contributed by atoms with E-state index in [1.54, 1.807) is 13.0 Å². The lowest BCUT2D eigenvalue weighted by Crippen LogP contribution is -2.08. The highest BCUT2D eigenvalue weighted by atomic mass is 35.5. The van der Waals surface area contributed by atoms with Gasteiger partial charge >= 0.3 is 0 Å². The van der Waals surface area contributed by atoms with E-state index in [1.165, 1.54) is 24.4 Å². The Morgan fingerprint density at radius 1 is 1.31 bits per heavy atom. The maximum Gasteiger partial charge on any atom is 0.250 e. The van der Waals surface area contributed by atoms with Crippen LogP contribution in [-0.2, 0) is 0 Å². The maximum atomic E-state index is 13.5. The monoisotopic (exact) mass is 237 g/mol. The number of nitrogens with one attached hydrogen (secondary N) is 1. The number of halogens is 2. The van der Waals surface area contributed by atoms with Crippen molar-refractivity contribution >= 4 is 11.6 Å². The van der Waals surface area contributed by atoms with E-state index >= 15 is 0 Å². The second-order valence-electron chi connectivity index (χ2n) is 3.52. The lowest BCUT2D eigenvalue weighted by atomic mass is 10.1. The van der Waals surface area contributed by atoms with E-state index in [9.17, 15) is 9.18 Å². The van der Waals surface area contributed by atoms with Crippen LogP contribution in [0.1, 0.15) is 5.56 Å². The first kappa shape index (κ1) is 10.9. The minimum atomic E-state index is -0.365. The van der Waals surface area contributed by atoms with Gasteiger partial charge in [-0.2, -0.15) is 0 Å². The van der Waals surface area contributed by atoms with Crippen LogP contribution in [-0.4, -0.2) is 4.98 Å². The van der Waals surface area contributed by atoms with Gasteiger partial charge < -0.3 is 4.98 Å². The number of H-pyrrole nitrogens is 1. The minimum absolute atomic E-state index is 0.175. The first-order chi connectivity index (χ1) is 7.58. The summed E-state index contributed by atoms with van der Waals surface area (Å²) < 4.78 is 13.5. The van der Waals surface area contributed by atoms with Crippen molar-refractivity contribution in [2.45, 2.75) is 6.92 Å². The Labute approximate surface area is 96.7 Å². The van der Waals surface area contributed by atoms with Gasteiger partial charge in [-0.25, -0.2) is 4.39 Å². The Kier molecular flexibility index (Phi) is 2.79. The van der Waals surface area contributed by atoms with E-state index in [-0.39, 0.29) is 11.4 Å². The summed E-state index contributed by atoms with van der Waals surface area (Å²) in [6, 6.07) is 5.95. The zero-order valence-electron chi connectivity index (χ0n) is 8.55. The summed E-state index contributed by atoms with van der Waals surface area (Å²) in [6.07, 6.45) is 1.48. The number of aromatic nitrogens is 1. The van der Waals surface area contributed by atoms with Gasteiger partial charge in [0, 0.05) is 27.9 Å². The third kappa shape index (κ3) is 1.99. The van der Waals surface area contributed by atoms with Gasteiger partial charge in [-0.3, -0.25) is 4.79 Å². The standard InChI is InChI=1S/C12H9ClFNO/c1-7-4-8(6-15-12(7)16)10-5-9(13)2-3-11(10)14/h2-6H,1H3,(H,15,16). The average molecular weight is 238 g/mol. The first-order valence-electron chi connectivity index (χ1n) is 4.72. The summed E-state index contributed by atoms with van der Waals surface area (Å²) >= 11 is 5.80. The van der Waals surface area contributed by atoms with Crippen LogP contribution in [0, 0.1) is 12.7 Å². The summed E-state index contributed by atoms with van der Waals surface area (Å²) in [5.74, 6) is -0.365. The van der Waals surface area contributed by atoms with Crippen LogP contribution in [0.5, 0.6) is 0 Å². The molecular formula is C12H9ClFNO. The molecule has 2 rings (SSSR count). The van der Waals surface area contributed by atoms with Crippen LogP contribution in [0.15, 0.2) is 35.3 Å². The molecule has 0 aliphatic carbocycles. The predicted octanol–water partition coefficient (Wildman–Crippen LogP) is 3.14. The molecule has 0 atom stereocenters. The second kappa shape index (κ2) is 4.10. The highest BCUT2D eigenvalue weighted by Crippen LogP contribution is 2.25. The quantitative estimate of drug-likeness (QED) is 0.812. The molecule has 0 saturated heterocycles. The van der Waals surface area contributed by atoms with Crippen LogP contribution >= 0.6 is 11.6 Å². The highest BCUT2D eigenvalue weighted by Gasteiger charge is 2.07. The van der Waals surface area contributed by atoms with Crippen molar-refractivity contribution in [1.82, 2.24) is 4.98 Å². The number of aryl methyl sites for hydroxylation is 1. The molecule has 0 bridgehead atoms. The largest absolute Gasteiger partial charge is 0.328 e. The Balaban J connectivity index is 2.62. The molecule has 0 amide bonds. The SMILES string of the molecule is Cc1cc(-c2cc(Cl)ccc2F)c[nH]c1=O. The summed E-state index contributed by atoms with van der Waals surface area (Å²) in [7, 11) is 0. The van der Waals surface area contributed by atoms with Gasteiger partial charge in [0.05, 0.1) is 0 Å². The van der Waals surface area contributed by atoms with Crippen molar-refractivity contribution in [1.29, 1.82) is 0 Å². The third-order valence-corrected chi connectivity index (χ3v) is 2.56. The van der Waals surface area contributed by atoms with E-state index in [0.717, 1.165) is 0 Å². The first-order valence-corrected chi connectivity index (χ1v) is 5.10. The van der Waals surface area contributed by atoms with Crippen molar-refractivity contribution in [3.05, 3.63) is 57.2 Å². The van der Waals surface area contributed by atoms with E-state index in [2.05, 4.69) is 4.98 Å². The fraction of sp³-hybridized carbons (Fsp3) is 0.0833. The Morgan fingerprint density at radius 2 is 2.06 bits per heavy atom. The fourth-order valence-corrected chi connectivity index (χ4v) is 1.64. The van der Waals surface area contributed by atoms with Gasteiger partial charge in [0.25, 0.3) is 5.56 Å². The molecule has 1 aromatic heterocycles. The minimum Gasteiger partial charge on any atom is -0.328 e. The molecule has 0 unspecified atom stereocenters. The predicted molar refractivity (Wildman–Crippen MR) is 62.2 cm³/mol. The normalized spacial score (nSPS) is 10.4. The molecule has 2 aromatic rings. The fourth-order valence-electron chi connectivity index (χ4n) is 1.47. The van der Waals surface area contributed by atoms with Gasteiger partial charge in [0.15, 0.2) is 0 Å². The number of benzene rings is 1. The van der Waals surface area contributed by atoms with Crippen molar-refractivity contribution in [3.63, 3.8) is 0 Å². The number of pyridine rings is 1. The molecule has 0 aliphatic heterocycles. The molecule has 2 nitrogen and oxygen atoms in total. The Hall–Kier alpha value is -1.61. The third-order valence-electron chi connectivity index (χ3n) is 2.33. The van der Waals surface area contributed by atoms with Gasteiger partial charge in [-0.1, -0.05) is 11.6 Å². The number of rotatable bonds is 1.